The quantitative estimate of drug-likeness (QED) is 0.104. The van der Waals surface area contributed by atoms with Crippen LogP contribution < -0.4 is 0 Å². The third kappa shape index (κ3) is 7.01. The lowest BCUT2D eigenvalue weighted by Crippen LogP contribution is -2.72. The SMILES string of the molecule is C[C@H]1O[C@@H](O[C@H]2CC[C@@]3(C)[C@@H](CC[C@]4(C)[C@@H]3C=C[C@]35OC[C@@]6(CCC(C)(C)C[C@H]63)[C@@H](O)C[C@]54C)[C@]2(C)CO)[C@H](O)[C@@H](O[C@@H]2O[C@H](CO)[C@@H](O)[C@H](O)[C@H]2O[C@@H]2O[C@H](CO)[C@@H](O)[C@H](O)[C@H]2O)[C@H]1O. The minimum Gasteiger partial charge on any atom is -0.396 e. The van der Waals surface area contributed by atoms with E-state index in [0.29, 0.717) is 19.4 Å². The number of allylic oxidation sites excluding steroid dienone is 1. The van der Waals surface area contributed by atoms with Gasteiger partial charge in [0, 0.05) is 22.2 Å². The monoisotopic (exact) mass is 943 g/mol. The summed E-state index contributed by atoms with van der Waals surface area (Å²) in [7, 11) is 0. The van der Waals surface area contributed by atoms with Gasteiger partial charge in [-0.3, -0.25) is 0 Å². The summed E-state index contributed by atoms with van der Waals surface area (Å²) in [6.45, 7) is 14.2. The molecule has 4 saturated heterocycles. The highest BCUT2D eigenvalue weighted by Gasteiger charge is 2.79. The average molecular weight is 943 g/mol. The molecule has 4 aliphatic heterocycles. The first-order valence-electron chi connectivity index (χ1n) is 24.5. The molecule has 0 unspecified atom stereocenters. The highest BCUT2D eigenvalue weighted by atomic mass is 16.8. The van der Waals surface area contributed by atoms with E-state index in [0.717, 1.165) is 38.5 Å². The predicted octanol–water partition coefficient (Wildman–Crippen LogP) is -0.399. The molecule has 26 atom stereocenters. The second kappa shape index (κ2) is 17.1. The van der Waals surface area contributed by atoms with Gasteiger partial charge in [-0.1, -0.05) is 53.7 Å². The van der Waals surface area contributed by atoms with Crippen LogP contribution >= 0.6 is 0 Å². The van der Waals surface area contributed by atoms with Gasteiger partial charge in [0.2, 0.25) is 0 Å². The van der Waals surface area contributed by atoms with Gasteiger partial charge >= 0.3 is 0 Å². The molecule has 4 saturated carbocycles. The van der Waals surface area contributed by atoms with Gasteiger partial charge in [-0.2, -0.15) is 0 Å². The van der Waals surface area contributed by atoms with Gasteiger partial charge in [0.15, 0.2) is 18.9 Å². The van der Waals surface area contributed by atoms with Gasteiger partial charge in [0.1, 0.15) is 67.1 Å². The van der Waals surface area contributed by atoms with Crippen molar-refractivity contribution in [2.75, 3.05) is 26.4 Å². The second-order valence-electron chi connectivity index (χ2n) is 23.8. The molecule has 9 rings (SSSR count). The van der Waals surface area contributed by atoms with Crippen LogP contribution in [0.4, 0.5) is 0 Å². The molecule has 0 aromatic rings. The Balaban J connectivity index is 0.953. The van der Waals surface area contributed by atoms with Crippen molar-refractivity contribution < 1.29 is 89.3 Å². The van der Waals surface area contributed by atoms with E-state index < -0.39 is 129 Å². The van der Waals surface area contributed by atoms with Crippen molar-refractivity contribution in [3.8, 4) is 0 Å². The molecule has 378 valence electrons. The van der Waals surface area contributed by atoms with Crippen molar-refractivity contribution in [2.24, 2.45) is 50.2 Å². The maximum Gasteiger partial charge on any atom is 0.187 e. The molecular formula is C48H78O18. The molecule has 5 aliphatic carbocycles. The Labute approximate surface area is 387 Å². The van der Waals surface area contributed by atoms with Crippen LogP contribution in [0.2, 0.25) is 0 Å². The van der Waals surface area contributed by atoms with Crippen LogP contribution in [0.25, 0.3) is 0 Å². The second-order valence-corrected chi connectivity index (χ2v) is 23.8. The number of aliphatic hydroxyl groups excluding tert-OH is 11. The molecule has 4 heterocycles. The lowest BCUT2D eigenvalue weighted by atomic mass is 9.32. The third-order valence-electron chi connectivity index (χ3n) is 20.0. The predicted molar refractivity (Wildman–Crippen MR) is 229 cm³/mol. The Bertz CT molecular complexity index is 1800. The molecular weight excluding hydrogens is 865 g/mol. The number of ether oxygens (including phenoxy) is 7. The summed E-state index contributed by atoms with van der Waals surface area (Å²) in [4.78, 5) is 0. The van der Waals surface area contributed by atoms with E-state index in [1.807, 2.05) is 6.92 Å². The topological polar surface area (TPSA) is 287 Å². The third-order valence-corrected chi connectivity index (χ3v) is 20.0. The largest absolute Gasteiger partial charge is 0.396 e. The Morgan fingerprint density at radius 1 is 0.606 bits per heavy atom. The molecule has 2 bridgehead atoms. The molecule has 8 fully saturated rings. The highest BCUT2D eigenvalue weighted by Crippen LogP contribution is 2.79. The van der Waals surface area contributed by atoms with E-state index >= 15 is 0 Å². The van der Waals surface area contributed by atoms with E-state index in [9.17, 15) is 56.2 Å². The minimum absolute atomic E-state index is 0.0325. The lowest BCUT2D eigenvalue weighted by Gasteiger charge is -2.73. The normalized spacial score (nSPS) is 58.8. The van der Waals surface area contributed by atoms with E-state index in [1.165, 1.54) is 0 Å². The highest BCUT2D eigenvalue weighted by molar-refractivity contribution is 5.36. The maximum absolute atomic E-state index is 12.2. The number of hydrogen-bond donors (Lipinski definition) is 11. The van der Waals surface area contributed by atoms with Crippen LogP contribution in [0, 0.1) is 50.2 Å². The van der Waals surface area contributed by atoms with Crippen molar-refractivity contribution in [1.29, 1.82) is 0 Å². The summed E-state index contributed by atoms with van der Waals surface area (Å²) in [6, 6.07) is 0. The Morgan fingerprint density at radius 3 is 1.91 bits per heavy atom. The maximum atomic E-state index is 12.2. The zero-order valence-electron chi connectivity index (χ0n) is 39.5. The summed E-state index contributed by atoms with van der Waals surface area (Å²) >= 11 is 0. The van der Waals surface area contributed by atoms with Crippen LogP contribution in [-0.4, -0.2) is 193 Å². The molecule has 0 aromatic heterocycles. The lowest BCUT2D eigenvalue weighted by molar-refractivity contribution is -0.391. The Kier molecular flexibility index (Phi) is 12.9. The van der Waals surface area contributed by atoms with Gasteiger partial charge < -0.3 is 89.3 Å². The molecule has 18 heteroatoms. The number of hydrogen-bond acceptors (Lipinski definition) is 18. The Hall–Kier alpha value is -0.980. The van der Waals surface area contributed by atoms with Gasteiger partial charge in [0.25, 0.3) is 0 Å². The van der Waals surface area contributed by atoms with Gasteiger partial charge in [0.05, 0.1) is 50.3 Å². The van der Waals surface area contributed by atoms with Crippen molar-refractivity contribution >= 4 is 0 Å². The van der Waals surface area contributed by atoms with Crippen molar-refractivity contribution in [2.45, 2.75) is 210 Å². The first kappa shape index (κ1) is 50.0. The van der Waals surface area contributed by atoms with Crippen LogP contribution in [-0.2, 0) is 33.2 Å². The van der Waals surface area contributed by atoms with E-state index in [-0.39, 0.29) is 51.4 Å². The Morgan fingerprint density at radius 2 is 1.24 bits per heavy atom. The molecule has 0 amide bonds. The molecule has 1 spiro atoms. The molecule has 18 nitrogen and oxygen atoms in total. The van der Waals surface area contributed by atoms with Gasteiger partial charge in [-0.05, 0) is 86.4 Å². The van der Waals surface area contributed by atoms with Crippen LogP contribution in [0.15, 0.2) is 12.2 Å². The van der Waals surface area contributed by atoms with Crippen LogP contribution in [0.3, 0.4) is 0 Å². The first-order valence-corrected chi connectivity index (χ1v) is 24.5. The summed E-state index contributed by atoms with van der Waals surface area (Å²) in [5.74, 6) is 0.277. The number of fused-ring (bicyclic) bond motifs is 4. The fourth-order valence-corrected chi connectivity index (χ4v) is 15.8. The van der Waals surface area contributed by atoms with E-state index in [2.05, 4.69) is 46.8 Å². The first-order chi connectivity index (χ1) is 30.9. The van der Waals surface area contributed by atoms with Crippen molar-refractivity contribution in [3.05, 3.63) is 12.2 Å². The molecule has 9 aliphatic rings. The van der Waals surface area contributed by atoms with Crippen molar-refractivity contribution in [1.82, 2.24) is 0 Å². The smallest absolute Gasteiger partial charge is 0.187 e. The molecule has 66 heavy (non-hydrogen) atoms. The van der Waals surface area contributed by atoms with Crippen LogP contribution in [0.1, 0.15) is 99.8 Å². The average Bonchev–Trinajstić information content (AvgIpc) is 3.55. The molecule has 0 aromatic carbocycles. The zero-order chi connectivity index (χ0) is 47.9. The minimum atomic E-state index is -1.90. The summed E-state index contributed by atoms with van der Waals surface area (Å²) < 4.78 is 43.3. The summed E-state index contributed by atoms with van der Waals surface area (Å²) in [5.41, 5.74) is -2.28. The molecule has 0 radical (unpaired) electrons. The van der Waals surface area contributed by atoms with Gasteiger partial charge in [-0.15, -0.1) is 0 Å². The fourth-order valence-electron chi connectivity index (χ4n) is 15.8. The molecule has 11 N–H and O–H groups in total. The van der Waals surface area contributed by atoms with E-state index in [1.54, 1.807) is 6.92 Å². The van der Waals surface area contributed by atoms with E-state index in [4.69, 9.17) is 33.2 Å². The standard InChI is InChI=1S/C48H78O18/c1-22-30(53)37(65-41-38(34(57)32(55)24(19-50)63-41)66-39-35(58)33(56)31(54)23(18-49)62-39)36(59)40(61-22)64-29-10-11-43(4)25(44(29,5)20-51)8-12-45(6)26(43)9-13-48-27-16-42(2,3)14-15-47(27,21-60-48)28(52)17-46(45,48)7/h9,13,22-41,49-59H,8,10-12,14-21H2,1-7H3/t22-,23-,24-,25-,26-,27-,28+,29+,30+,31-,32-,33+,34+,35-,36-,37+,38-,39+,40+,41+,43+,44+,45-,46+,47-,48+/m1/s1. The van der Waals surface area contributed by atoms with Crippen LogP contribution in [0.5, 0.6) is 0 Å². The number of aliphatic hydroxyl groups is 11. The number of rotatable bonds is 9. The summed E-state index contributed by atoms with van der Waals surface area (Å²) in [5, 5.41) is 120. The van der Waals surface area contributed by atoms with Crippen molar-refractivity contribution in [3.63, 3.8) is 0 Å². The zero-order valence-corrected chi connectivity index (χ0v) is 39.5. The van der Waals surface area contributed by atoms with Gasteiger partial charge in [-0.25, -0.2) is 0 Å². The summed E-state index contributed by atoms with van der Waals surface area (Å²) in [6.07, 6.45) is -14.0. The fraction of sp³-hybridized carbons (Fsp3) is 0.958.